The van der Waals surface area contributed by atoms with Crippen LogP contribution in [0.3, 0.4) is 0 Å². The Balaban J connectivity index is 2.75. The molecular formula is C13H16ClN3O6S. The molecule has 0 atom stereocenters. The van der Waals surface area contributed by atoms with E-state index in [0.29, 0.717) is 0 Å². The molecule has 0 fully saturated rings. The number of rotatable bonds is 7. The van der Waals surface area contributed by atoms with Gasteiger partial charge in [0.25, 0.3) is 0 Å². The van der Waals surface area contributed by atoms with Crippen molar-refractivity contribution in [3.63, 3.8) is 0 Å². The number of oxime groups is 1. The maximum absolute atomic E-state index is 11.5. The Labute approximate surface area is 146 Å². The van der Waals surface area contributed by atoms with E-state index in [4.69, 9.17) is 26.3 Å². The first-order valence-corrected chi connectivity index (χ1v) is 8.00. The number of ether oxygens (including phenoxy) is 1. The van der Waals surface area contributed by atoms with Gasteiger partial charge in [-0.15, -0.1) is 22.9 Å². The van der Waals surface area contributed by atoms with Crippen molar-refractivity contribution in [1.29, 1.82) is 0 Å². The Morgan fingerprint density at radius 2 is 2.08 bits per heavy atom. The molecule has 0 aromatic carbocycles. The molecule has 0 saturated carbocycles. The minimum absolute atomic E-state index is 0.0263. The average Bonchev–Trinajstić information content (AvgIpc) is 2.89. The lowest BCUT2D eigenvalue weighted by Gasteiger charge is -2.18. The van der Waals surface area contributed by atoms with E-state index in [9.17, 15) is 14.4 Å². The Hall–Kier alpha value is -2.20. The van der Waals surface area contributed by atoms with Crippen LogP contribution in [-0.2, 0) is 24.0 Å². The van der Waals surface area contributed by atoms with Crippen LogP contribution in [-0.4, -0.2) is 51.7 Å². The monoisotopic (exact) mass is 377 g/mol. The van der Waals surface area contributed by atoms with Crippen LogP contribution in [0.5, 0.6) is 0 Å². The van der Waals surface area contributed by atoms with Crippen LogP contribution in [0.2, 0.25) is 0 Å². The fourth-order valence-corrected chi connectivity index (χ4v) is 2.09. The Morgan fingerprint density at radius 3 is 2.62 bits per heavy atom. The number of amides is 1. The third-order valence-electron chi connectivity index (χ3n) is 2.08. The molecule has 0 aliphatic carbocycles. The number of aliphatic carboxylic acids is 1. The Morgan fingerprint density at radius 1 is 1.42 bits per heavy atom. The highest BCUT2D eigenvalue weighted by atomic mass is 35.5. The second kappa shape index (κ2) is 8.60. The molecule has 11 heteroatoms. The molecule has 0 unspecified atom stereocenters. The van der Waals surface area contributed by atoms with Crippen LogP contribution in [0, 0.1) is 0 Å². The predicted octanol–water partition coefficient (Wildman–Crippen LogP) is 1.47. The van der Waals surface area contributed by atoms with Gasteiger partial charge in [-0.3, -0.25) is 4.79 Å². The summed E-state index contributed by atoms with van der Waals surface area (Å²) in [5.41, 5.74) is -1.23. The number of hydrogen-bond donors (Lipinski definition) is 2. The van der Waals surface area contributed by atoms with Gasteiger partial charge in [-0.25, -0.2) is 14.6 Å². The zero-order valence-electron chi connectivity index (χ0n) is 13.2. The van der Waals surface area contributed by atoms with Gasteiger partial charge in [0.1, 0.15) is 17.2 Å². The van der Waals surface area contributed by atoms with Gasteiger partial charge in [0.2, 0.25) is 18.2 Å². The van der Waals surface area contributed by atoms with Gasteiger partial charge < -0.3 is 20.0 Å². The van der Waals surface area contributed by atoms with Gasteiger partial charge in [0.15, 0.2) is 5.13 Å². The van der Waals surface area contributed by atoms with Crippen molar-refractivity contribution in [1.82, 2.24) is 4.98 Å². The summed E-state index contributed by atoms with van der Waals surface area (Å²) in [6.07, 6.45) is 0. The largest absolute Gasteiger partial charge is 0.476 e. The second-order valence-electron chi connectivity index (χ2n) is 5.32. The number of carboxylic acids is 1. The van der Waals surface area contributed by atoms with E-state index in [-0.39, 0.29) is 16.7 Å². The highest BCUT2D eigenvalue weighted by Crippen LogP contribution is 2.16. The number of carbonyl (C=O) groups excluding carboxylic acids is 2. The van der Waals surface area contributed by atoms with Crippen LogP contribution in [0.25, 0.3) is 0 Å². The second-order valence-corrected chi connectivity index (χ2v) is 6.45. The first-order chi connectivity index (χ1) is 11.1. The van der Waals surface area contributed by atoms with E-state index >= 15 is 0 Å². The van der Waals surface area contributed by atoms with Crippen molar-refractivity contribution in [2.45, 2.75) is 26.4 Å². The van der Waals surface area contributed by atoms with Crippen LogP contribution in [0.1, 0.15) is 26.5 Å². The number of hydrogen-bond acceptors (Lipinski definition) is 8. The number of halogens is 1. The summed E-state index contributed by atoms with van der Waals surface area (Å²) in [6.45, 7) is 4.50. The number of thiazole rings is 1. The molecule has 1 aromatic rings. The number of alkyl halides is 1. The molecule has 0 bridgehead atoms. The molecule has 1 rings (SSSR count). The summed E-state index contributed by atoms with van der Waals surface area (Å²) in [6, 6.07) is 0. The predicted molar refractivity (Wildman–Crippen MR) is 87.4 cm³/mol. The first-order valence-electron chi connectivity index (χ1n) is 6.59. The van der Waals surface area contributed by atoms with E-state index in [1.165, 1.54) is 5.38 Å². The maximum Gasteiger partial charge on any atom is 0.360 e. The lowest BCUT2D eigenvalue weighted by molar-refractivity contribution is -0.160. The van der Waals surface area contributed by atoms with E-state index in [1.54, 1.807) is 20.8 Å². The summed E-state index contributed by atoms with van der Waals surface area (Å²) >= 11 is 6.34. The van der Waals surface area contributed by atoms with Gasteiger partial charge in [0.05, 0.1) is 0 Å². The van der Waals surface area contributed by atoms with E-state index < -0.39 is 35.8 Å². The summed E-state index contributed by atoms with van der Waals surface area (Å²) in [4.78, 5) is 42.5. The fraction of sp³-hybridized carbons (Fsp3) is 0.462. The van der Waals surface area contributed by atoms with E-state index in [2.05, 4.69) is 15.5 Å². The Kier molecular flexibility index (Phi) is 7.11. The Bertz CT molecular complexity index is 652. The van der Waals surface area contributed by atoms with Crippen molar-refractivity contribution in [2.24, 2.45) is 5.16 Å². The number of nitrogens with one attached hydrogen (secondary N) is 1. The molecule has 132 valence electrons. The van der Waals surface area contributed by atoms with Crippen molar-refractivity contribution < 1.29 is 29.1 Å². The average molecular weight is 378 g/mol. The molecular weight excluding hydrogens is 362 g/mol. The molecule has 0 aliphatic rings. The molecule has 9 nitrogen and oxygen atoms in total. The van der Waals surface area contributed by atoms with E-state index in [1.807, 2.05) is 0 Å². The summed E-state index contributed by atoms with van der Waals surface area (Å²) < 4.78 is 4.99. The van der Waals surface area contributed by atoms with Crippen molar-refractivity contribution in [3.05, 3.63) is 11.1 Å². The van der Waals surface area contributed by atoms with E-state index in [0.717, 1.165) is 11.3 Å². The lowest BCUT2D eigenvalue weighted by Crippen LogP contribution is -2.26. The maximum atomic E-state index is 11.5. The topological polar surface area (TPSA) is 127 Å². The normalized spacial score (nSPS) is 11.8. The van der Waals surface area contributed by atoms with Gasteiger partial charge in [0, 0.05) is 5.38 Å². The zero-order chi connectivity index (χ0) is 18.3. The van der Waals surface area contributed by atoms with Crippen molar-refractivity contribution in [3.8, 4) is 0 Å². The summed E-state index contributed by atoms with van der Waals surface area (Å²) in [5, 5.41) is 16.5. The van der Waals surface area contributed by atoms with Crippen LogP contribution in [0.15, 0.2) is 10.5 Å². The minimum Gasteiger partial charge on any atom is -0.476 e. The first kappa shape index (κ1) is 19.8. The number of nitrogens with zero attached hydrogens (tertiary/aromatic N) is 2. The lowest BCUT2D eigenvalue weighted by atomic mass is 10.2. The summed E-state index contributed by atoms with van der Waals surface area (Å²) in [7, 11) is 0. The van der Waals surface area contributed by atoms with Crippen molar-refractivity contribution >= 4 is 51.6 Å². The van der Waals surface area contributed by atoms with Gasteiger partial charge in [-0.05, 0) is 20.8 Å². The van der Waals surface area contributed by atoms with Crippen LogP contribution >= 0.6 is 22.9 Å². The standard InChI is InChI=1S/C13H16ClN3O6S/c1-13(2,3)23-9(19)5-22-17-10(11(20)21)7-6-24-12(15-7)16-8(18)4-14/h6H,4-5H2,1-3H3,(H,20,21)(H,15,16,18). The fourth-order valence-electron chi connectivity index (χ4n) is 1.31. The smallest absolute Gasteiger partial charge is 0.360 e. The highest BCUT2D eigenvalue weighted by Gasteiger charge is 2.20. The van der Waals surface area contributed by atoms with Gasteiger partial charge in [-0.2, -0.15) is 0 Å². The molecule has 1 amide bonds. The number of esters is 1. The molecule has 1 heterocycles. The molecule has 2 N–H and O–H groups in total. The van der Waals surface area contributed by atoms with Gasteiger partial charge >= 0.3 is 11.9 Å². The minimum atomic E-state index is -1.40. The van der Waals surface area contributed by atoms with Crippen LogP contribution in [0.4, 0.5) is 5.13 Å². The zero-order valence-corrected chi connectivity index (χ0v) is 14.7. The molecule has 0 saturated heterocycles. The molecule has 0 radical (unpaired) electrons. The highest BCUT2D eigenvalue weighted by molar-refractivity contribution is 7.14. The molecule has 0 spiro atoms. The molecule has 24 heavy (non-hydrogen) atoms. The van der Waals surface area contributed by atoms with Crippen molar-refractivity contribution in [2.75, 3.05) is 17.8 Å². The number of carboxylic acid groups (broad SMARTS) is 1. The molecule has 1 aromatic heterocycles. The molecule has 0 aliphatic heterocycles. The number of aromatic nitrogens is 1. The number of anilines is 1. The third kappa shape index (κ3) is 6.92. The summed E-state index contributed by atoms with van der Waals surface area (Å²) in [5.74, 6) is -2.83. The van der Waals surface area contributed by atoms with Crippen LogP contribution < -0.4 is 5.32 Å². The van der Waals surface area contributed by atoms with Gasteiger partial charge in [-0.1, -0.05) is 5.16 Å². The quantitative estimate of drug-likeness (QED) is 0.318. The SMILES string of the molecule is CC(C)(C)OC(=O)CON=C(C(=O)O)c1csc(NC(=O)CCl)n1. The third-order valence-corrected chi connectivity index (χ3v) is 3.08. The number of carbonyl (C=O) groups is 3.